The molecular formula is C24H30BrN5O2S. The highest BCUT2D eigenvalue weighted by atomic mass is 79.9. The number of carbonyl (C=O) groups excluding carboxylic acids is 1. The summed E-state index contributed by atoms with van der Waals surface area (Å²) in [5.41, 5.74) is 3.22. The van der Waals surface area contributed by atoms with Crippen molar-refractivity contribution in [1.82, 2.24) is 9.97 Å². The standard InChI is InChI=1S/C22H24BrN5O2S.C2H6/c23-20-6-4-5-15(24-20)21(29)25-16-14-19-17(13-18(16)27-7-2-1-3-8-27)26-22(31-19)28-9-11-30-12-10-28;1-2/h4-6,13-14H,1-3,7-12H2,(H,25,29);1-2H3. The molecule has 7 nitrogen and oxygen atoms in total. The van der Waals surface area contributed by atoms with Crippen molar-refractivity contribution in [1.29, 1.82) is 0 Å². The summed E-state index contributed by atoms with van der Waals surface area (Å²) in [6.45, 7) is 9.16. The Hall–Kier alpha value is -2.23. The number of hydrogen-bond donors (Lipinski definition) is 1. The van der Waals surface area contributed by atoms with Crippen LogP contribution in [0, 0.1) is 0 Å². The molecule has 33 heavy (non-hydrogen) atoms. The van der Waals surface area contributed by atoms with Crippen molar-refractivity contribution in [3.63, 3.8) is 0 Å². The van der Waals surface area contributed by atoms with E-state index in [0.717, 1.165) is 79.0 Å². The van der Waals surface area contributed by atoms with Gasteiger partial charge in [-0.1, -0.05) is 31.3 Å². The lowest BCUT2D eigenvalue weighted by molar-refractivity contribution is 0.102. The Balaban J connectivity index is 0.00000126. The van der Waals surface area contributed by atoms with Crippen LogP contribution in [0.3, 0.4) is 0 Å². The predicted molar refractivity (Wildman–Crippen MR) is 140 cm³/mol. The molecule has 176 valence electrons. The summed E-state index contributed by atoms with van der Waals surface area (Å²) in [6, 6.07) is 9.55. The molecule has 5 rings (SSSR count). The normalized spacial score (nSPS) is 16.3. The first kappa shape index (κ1) is 23.9. The summed E-state index contributed by atoms with van der Waals surface area (Å²) < 4.78 is 7.19. The molecule has 2 aliphatic heterocycles. The third kappa shape index (κ3) is 5.65. The molecule has 2 aliphatic rings. The molecule has 2 aromatic heterocycles. The Kier molecular flexibility index (Phi) is 8.16. The van der Waals surface area contributed by atoms with Crippen LogP contribution in [-0.4, -0.2) is 55.3 Å². The SMILES string of the molecule is CC.O=C(Nc1cc2sc(N3CCOCC3)nc2cc1N1CCCCC1)c1cccc(Br)n1. The lowest BCUT2D eigenvalue weighted by atomic mass is 10.1. The lowest BCUT2D eigenvalue weighted by Gasteiger charge is -2.30. The highest BCUT2D eigenvalue weighted by Crippen LogP contribution is 2.38. The van der Waals surface area contributed by atoms with Gasteiger partial charge in [0.25, 0.3) is 5.91 Å². The van der Waals surface area contributed by atoms with Gasteiger partial charge in [-0.2, -0.15) is 0 Å². The van der Waals surface area contributed by atoms with Crippen LogP contribution in [-0.2, 0) is 4.74 Å². The van der Waals surface area contributed by atoms with Crippen LogP contribution in [0.4, 0.5) is 16.5 Å². The number of ether oxygens (including phenoxy) is 1. The molecule has 1 N–H and O–H groups in total. The Morgan fingerprint density at radius 1 is 1.03 bits per heavy atom. The minimum atomic E-state index is -0.211. The number of thiazole rings is 1. The number of rotatable bonds is 4. The molecular weight excluding hydrogens is 502 g/mol. The Morgan fingerprint density at radius 3 is 2.52 bits per heavy atom. The molecule has 0 saturated carbocycles. The summed E-state index contributed by atoms with van der Waals surface area (Å²) in [7, 11) is 0. The zero-order valence-electron chi connectivity index (χ0n) is 19.1. The number of morpholine rings is 1. The molecule has 2 saturated heterocycles. The maximum atomic E-state index is 12.9. The Bertz CT molecular complexity index is 1090. The molecule has 3 aromatic rings. The molecule has 0 bridgehead atoms. The van der Waals surface area contributed by atoms with Crippen LogP contribution < -0.4 is 15.1 Å². The highest BCUT2D eigenvalue weighted by Gasteiger charge is 2.21. The number of hydrogen-bond acceptors (Lipinski definition) is 7. The Labute approximate surface area is 207 Å². The molecule has 0 radical (unpaired) electrons. The van der Waals surface area contributed by atoms with Crippen molar-refractivity contribution in [2.75, 3.05) is 54.5 Å². The summed E-state index contributed by atoms with van der Waals surface area (Å²) in [5.74, 6) is -0.211. The van der Waals surface area contributed by atoms with Gasteiger partial charge in [-0.05, 0) is 59.5 Å². The second-order valence-electron chi connectivity index (χ2n) is 7.78. The van der Waals surface area contributed by atoms with Gasteiger partial charge in [-0.15, -0.1) is 0 Å². The number of nitrogens with zero attached hydrogens (tertiary/aromatic N) is 4. The number of pyridine rings is 1. The van der Waals surface area contributed by atoms with E-state index in [2.05, 4.69) is 48.2 Å². The molecule has 1 amide bonds. The van der Waals surface area contributed by atoms with E-state index < -0.39 is 0 Å². The largest absolute Gasteiger partial charge is 0.378 e. The number of fused-ring (bicyclic) bond motifs is 1. The van der Waals surface area contributed by atoms with Gasteiger partial charge in [0.15, 0.2) is 5.13 Å². The van der Waals surface area contributed by atoms with Crippen molar-refractivity contribution < 1.29 is 9.53 Å². The number of amides is 1. The maximum absolute atomic E-state index is 12.9. The van der Waals surface area contributed by atoms with E-state index in [1.54, 1.807) is 17.4 Å². The van der Waals surface area contributed by atoms with E-state index in [1.807, 2.05) is 26.0 Å². The fourth-order valence-electron chi connectivity index (χ4n) is 4.06. The van der Waals surface area contributed by atoms with Crippen molar-refractivity contribution in [2.45, 2.75) is 33.1 Å². The minimum Gasteiger partial charge on any atom is -0.378 e. The summed E-state index contributed by atoms with van der Waals surface area (Å²) >= 11 is 5.01. The fourth-order valence-corrected chi connectivity index (χ4v) is 5.44. The van der Waals surface area contributed by atoms with Gasteiger partial charge in [-0.25, -0.2) is 9.97 Å². The van der Waals surface area contributed by atoms with Gasteiger partial charge in [-0.3, -0.25) is 4.79 Å². The number of halogens is 1. The average molecular weight is 533 g/mol. The van der Waals surface area contributed by atoms with Gasteiger partial charge in [0.1, 0.15) is 10.3 Å². The van der Waals surface area contributed by atoms with Crippen LogP contribution in [0.25, 0.3) is 10.2 Å². The minimum absolute atomic E-state index is 0.211. The molecule has 2 fully saturated rings. The smallest absolute Gasteiger partial charge is 0.274 e. The zero-order valence-corrected chi connectivity index (χ0v) is 21.5. The summed E-state index contributed by atoms with van der Waals surface area (Å²) in [4.78, 5) is 26.8. The van der Waals surface area contributed by atoms with Crippen LogP contribution in [0.5, 0.6) is 0 Å². The maximum Gasteiger partial charge on any atom is 0.274 e. The molecule has 9 heteroatoms. The number of nitrogens with one attached hydrogen (secondary N) is 1. The molecule has 4 heterocycles. The van der Waals surface area contributed by atoms with Gasteiger partial charge in [0, 0.05) is 26.2 Å². The van der Waals surface area contributed by atoms with E-state index in [9.17, 15) is 4.79 Å². The third-order valence-corrected chi connectivity index (χ3v) is 7.19. The number of benzene rings is 1. The van der Waals surface area contributed by atoms with E-state index in [0.29, 0.717) is 10.3 Å². The summed E-state index contributed by atoms with van der Waals surface area (Å²) in [6.07, 6.45) is 3.57. The first-order valence-electron chi connectivity index (χ1n) is 11.6. The van der Waals surface area contributed by atoms with Crippen LogP contribution in [0.1, 0.15) is 43.6 Å². The van der Waals surface area contributed by atoms with Crippen molar-refractivity contribution in [3.05, 3.63) is 40.6 Å². The monoisotopic (exact) mass is 531 g/mol. The number of piperidine rings is 1. The molecule has 0 unspecified atom stereocenters. The van der Waals surface area contributed by atoms with E-state index in [-0.39, 0.29) is 5.91 Å². The van der Waals surface area contributed by atoms with E-state index in [4.69, 9.17) is 9.72 Å². The lowest BCUT2D eigenvalue weighted by Crippen LogP contribution is -2.36. The fraction of sp³-hybridized carbons (Fsp3) is 0.458. The number of carbonyl (C=O) groups is 1. The van der Waals surface area contributed by atoms with Crippen LogP contribution in [0.15, 0.2) is 34.9 Å². The first-order valence-corrected chi connectivity index (χ1v) is 13.2. The first-order chi connectivity index (χ1) is 16.2. The average Bonchev–Trinajstić information content (AvgIpc) is 3.29. The number of anilines is 3. The predicted octanol–water partition coefficient (Wildman–Crippen LogP) is 5.56. The highest BCUT2D eigenvalue weighted by molar-refractivity contribution is 9.10. The Morgan fingerprint density at radius 2 is 1.79 bits per heavy atom. The summed E-state index contributed by atoms with van der Waals surface area (Å²) in [5, 5.41) is 4.13. The zero-order chi connectivity index (χ0) is 23.2. The molecule has 0 atom stereocenters. The van der Waals surface area contributed by atoms with Crippen molar-refractivity contribution in [3.8, 4) is 0 Å². The van der Waals surface area contributed by atoms with E-state index in [1.165, 1.54) is 6.42 Å². The van der Waals surface area contributed by atoms with Crippen LogP contribution in [0.2, 0.25) is 0 Å². The third-order valence-electron chi connectivity index (χ3n) is 5.67. The van der Waals surface area contributed by atoms with E-state index >= 15 is 0 Å². The topological polar surface area (TPSA) is 70.6 Å². The molecule has 1 aromatic carbocycles. The van der Waals surface area contributed by atoms with Gasteiger partial charge < -0.3 is 19.9 Å². The van der Waals surface area contributed by atoms with Gasteiger partial charge in [0.2, 0.25) is 0 Å². The second kappa shape index (κ2) is 11.3. The second-order valence-corrected chi connectivity index (χ2v) is 9.60. The van der Waals surface area contributed by atoms with Crippen LogP contribution >= 0.6 is 27.3 Å². The van der Waals surface area contributed by atoms with Crippen molar-refractivity contribution in [2.24, 2.45) is 0 Å². The molecule has 0 spiro atoms. The van der Waals surface area contributed by atoms with Crippen molar-refractivity contribution >= 4 is 59.9 Å². The molecule has 0 aliphatic carbocycles. The van der Waals surface area contributed by atoms with Gasteiger partial charge >= 0.3 is 0 Å². The van der Waals surface area contributed by atoms with Gasteiger partial charge in [0.05, 0.1) is 34.8 Å². The number of aromatic nitrogens is 2. The quantitative estimate of drug-likeness (QED) is 0.444.